The summed E-state index contributed by atoms with van der Waals surface area (Å²) in [4.78, 5) is 21.3. The minimum Gasteiger partial charge on any atom is -0.368 e. The number of primary amides is 1. The first-order chi connectivity index (χ1) is 11.2. The number of nitrogens with two attached hydrogens (primary N) is 1. The lowest BCUT2D eigenvalue weighted by atomic mass is 10.2. The number of aryl methyl sites for hydroxylation is 1. The molecule has 1 amide bonds. The lowest BCUT2D eigenvalue weighted by Gasteiger charge is -2.24. The van der Waals surface area contributed by atoms with Crippen molar-refractivity contribution >= 4 is 27.3 Å². The Kier molecular flexibility index (Phi) is 4.84. The van der Waals surface area contributed by atoms with Gasteiger partial charge >= 0.3 is 0 Å². The van der Waals surface area contributed by atoms with Crippen molar-refractivity contribution in [2.75, 3.05) is 10.8 Å². The highest BCUT2D eigenvalue weighted by atomic mass is 32.2. The van der Waals surface area contributed by atoms with Gasteiger partial charge in [-0.15, -0.1) is 0 Å². The first-order valence-electron chi connectivity index (χ1n) is 6.84. The molecular weight excluding hydrogens is 334 g/mol. The Morgan fingerprint density at radius 2 is 1.88 bits per heavy atom. The van der Waals surface area contributed by atoms with Gasteiger partial charge in [-0.05, 0) is 24.6 Å². The molecule has 0 heterocycles. The molecule has 8 nitrogen and oxygen atoms in total. The fourth-order valence-corrected chi connectivity index (χ4v) is 3.70. The molecule has 0 spiro atoms. The summed E-state index contributed by atoms with van der Waals surface area (Å²) in [6.45, 7) is 1.11. The molecular formula is C15H15N3O5S. The number of sulfonamides is 1. The maximum absolute atomic E-state index is 12.9. The van der Waals surface area contributed by atoms with Crippen LogP contribution >= 0.6 is 0 Å². The molecule has 0 saturated heterocycles. The smallest absolute Gasteiger partial charge is 0.270 e. The van der Waals surface area contributed by atoms with Crippen LogP contribution in [0.3, 0.4) is 0 Å². The monoisotopic (exact) mass is 349 g/mol. The number of para-hydroxylation sites is 1. The number of non-ortho nitro benzene ring substituents is 1. The molecule has 0 aromatic heterocycles. The molecule has 0 fully saturated rings. The number of nitro groups is 1. The first kappa shape index (κ1) is 17.4. The number of benzene rings is 2. The topological polar surface area (TPSA) is 124 Å². The number of rotatable bonds is 6. The van der Waals surface area contributed by atoms with Crippen molar-refractivity contribution in [3.05, 3.63) is 64.2 Å². The zero-order valence-corrected chi connectivity index (χ0v) is 13.6. The molecule has 126 valence electrons. The second kappa shape index (κ2) is 6.67. The number of carbonyl (C=O) groups is 1. The summed E-state index contributed by atoms with van der Waals surface area (Å²) in [5.74, 6) is -0.841. The van der Waals surface area contributed by atoms with Gasteiger partial charge in [-0.25, -0.2) is 8.42 Å². The molecule has 9 heteroatoms. The molecule has 0 atom stereocenters. The summed E-state index contributed by atoms with van der Waals surface area (Å²) in [6, 6.07) is 11.2. The SMILES string of the molecule is Cc1ccccc1N(CC(N)=O)S(=O)(=O)c1cccc([N+](=O)[O-])c1. The maximum Gasteiger partial charge on any atom is 0.270 e. The number of nitrogens with zero attached hydrogens (tertiary/aromatic N) is 2. The number of hydrogen-bond donors (Lipinski definition) is 1. The molecule has 2 aromatic carbocycles. The van der Waals surface area contributed by atoms with Crippen LogP contribution in [-0.2, 0) is 14.8 Å². The fraction of sp³-hybridized carbons (Fsp3) is 0.133. The van der Waals surface area contributed by atoms with Gasteiger partial charge in [-0.1, -0.05) is 24.3 Å². The van der Waals surface area contributed by atoms with Gasteiger partial charge in [-0.3, -0.25) is 19.2 Å². The third kappa shape index (κ3) is 3.51. The van der Waals surface area contributed by atoms with Gasteiger partial charge in [0.25, 0.3) is 15.7 Å². The Hall–Kier alpha value is -2.94. The molecule has 0 bridgehead atoms. The van der Waals surface area contributed by atoms with Gasteiger partial charge in [0.05, 0.1) is 15.5 Å². The maximum atomic E-state index is 12.9. The van der Waals surface area contributed by atoms with E-state index in [2.05, 4.69) is 0 Å². The number of anilines is 1. The van der Waals surface area contributed by atoms with Crippen LogP contribution in [0.4, 0.5) is 11.4 Å². The number of hydrogen-bond acceptors (Lipinski definition) is 5. The van der Waals surface area contributed by atoms with Crippen LogP contribution < -0.4 is 10.0 Å². The van der Waals surface area contributed by atoms with Gasteiger partial charge in [0.15, 0.2) is 0 Å². The van der Waals surface area contributed by atoms with Crippen molar-refractivity contribution in [2.24, 2.45) is 5.73 Å². The molecule has 0 unspecified atom stereocenters. The third-order valence-corrected chi connectivity index (χ3v) is 5.06. The molecule has 0 aliphatic heterocycles. The standard InChI is InChI=1S/C15H15N3O5S/c1-11-5-2-3-8-14(11)17(10-15(16)19)24(22,23)13-7-4-6-12(9-13)18(20)21/h2-9H,10H2,1H3,(H2,16,19). The van der Waals surface area contributed by atoms with E-state index in [9.17, 15) is 23.3 Å². The van der Waals surface area contributed by atoms with Crippen LogP contribution in [0.25, 0.3) is 0 Å². The normalized spacial score (nSPS) is 11.0. The summed E-state index contributed by atoms with van der Waals surface area (Å²) in [5, 5.41) is 10.9. The van der Waals surface area contributed by atoms with E-state index < -0.39 is 27.4 Å². The Morgan fingerprint density at radius 3 is 2.46 bits per heavy atom. The molecule has 24 heavy (non-hydrogen) atoms. The molecule has 0 aliphatic carbocycles. The number of carbonyl (C=O) groups excluding carboxylic acids is 1. The van der Waals surface area contributed by atoms with Crippen LogP contribution in [0, 0.1) is 17.0 Å². The van der Waals surface area contributed by atoms with Crippen LogP contribution in [0.1, 0.15) is 5.56 Å². The molecule has 0 radical (unpaired) electrons. The van der Waals surface area contributed by atoms with E-state index >= 15 is 0 Å². The van der Waals surface area contributed by atoms with E-state index in [-0.39, 0.29) is 16.3 Å². The second-order valence-electron chi connectivity index (χ2n) is 5.02. The predicted molar refractivity (Wildman–Crippen MR) is 88.0 cm³/mol. The van der Waals surface area contributed by atoms with E-state index in [4.69, 9.17) is 5.73 Å². The van der Waals surface area contributed by atoms with Crippen molar-refractivity contribution in [3.63, 3.8) is 0 Å². The first-order valence-corrected chi connectivity index (χ1v) is 8.28. The molecule has 0 saturated carbocycles. The van der Waals surface area contributed by atoms with E-state index in [0.717, 1.165) is 10.4 Å². The summed E-state index contributed by atoms with van der Waals surface area (Å²) in [6.07, 6.45) is 0. The fourth-order valence-electron chi connectivity index (χ4n) is 2.17. The minimum atomic E-state index is -4.20. The lowest BCUT2D eigenvalue weighted by Crippen LogP contribution is -2.39. The summed E-state index contributed by atoms with van der Waals surface area (Å²) in [7, 11) is -4.20. The van der Waals surface area contributed by atoms with Crippen molar-refractivity contribution in [1.82, 2.24) is 0 Å². The van der Waals surface area contributed by atoms with Crippen molar-refractivity contribution in [1.29, 1.82) is 0 Å². The van der Waals surface area contributed by atoms with Crippen LogP contribution in [0.15, 0.2) is 53.4 Å². The quantitative estimate of drug-likeness (QED) is 0.626. The Labute approximate surface area is 138 Å². The van der Waals surface area contributed by atoms with Gasteiger partial charge in [0.2, 0.25) is 5.91 Å². The average Bonchev–Trinajstić information content (AvgIpc) is 2.53. The average molecular weight is 349 g/mol. The van der Waals surface area contributed by atoms with E-state index in [1.807, 2.05) is 0 Å². The van der Waals surface area contributed by atoms with Crippen LogP contribution in [0.2, 0.25) is 0 Å². The molecule has 2 aromatic rings. The van der Waals surface area contributed by atoms with Crippen molar-refractivity contribution in [2.45, 2.75) is 11.8 Å². The highest BCUT2D eigenvalue weighted by molar-refractivity contribution is 7.92. The van der Waals surface area contributed by atoms with Crippen LogP contribution in [-0.4, -0.2) is 25.8 Å². The predicted octanol–water partition coefficient (Wildman–Crippen LogP) is 1.58. The van der Waals surface area contributed by atoms with Gasteiger partial charge in [-0.2, -0.15) is 0 Å². The third-order valence-electron chi connectivity index (χ3n) is 3.30. The largest absolute Gasteiger partial charge is 0.368 e. The zero-order chi connectivity index (χ0) is 17.9. The summed E-state index contributed by atoms with van der Waals surface area (Å²) >= 11 is 0. The Morgan fingerprint density at radius 1 is 1.21 bits per heavy atom. The van der Waals surface area contributed by atoms with Crippen LogP contribution in [0.5, 0.6) is 0 Å². The molecule has 2 rings (SSSR count). The van der Waals surface area contributed by atoms with Gasteiger partial charge < -0.3 is 5.73 Å². The number of nitro benzene ring substituents is 1. The highest BCUT2D eigenvalue weighted by Gasteiger charge is 2.28. The molecule has 2 N–H and O–H groups in total. The molecule has 0 aliphatic rings. The summed E-state index contributed by atoms with van der Waals surface area (Å²) < 4.78 is 26.6. The van der Waals surface area contributed by atoms with Gasteiger partial charge in [0, 0.05) is 12.1 Å². The van der Waals surface area contributed by atoms with Gasteiger partial charge in [0.1, 0.15) is 6.54 Å². The van der Waals surface area contributed by atoms with E-state index in [0.29, 0.717) is 5.56 Å². The second-order valence-corrected chi connectivity index (χ2v) is 6.88. The highest BCUT2D eigenvalue weighted by Crippen LogP contribution is 2.28. The zero-order valence-electron chi connectivity index (χ0n) is 12.7. The minimum absolute atomic E-state index is 0.280. The van der Waals surface area contributed by atoms with E-state index in [1.54, 1.807) is 25.1 Å². The Bertz CT molecular complexity index is 895. The Balaban J connectivity index is 2.60. The number of amides is 1. The summed E-state index contributed by atoms with van der Waals surface area (Å²) in [5.41, 5.74) is 5.72. The van der Waals surface area contributed by atoms with E-state index in [1.165, 1.54) is 24.3 Å². The van der Waals surface area contributed by atoms with Crippen molar-refractivity contribution < 1.29 is 18.1 Å². The lowest BCUT2D eigenvalue weighted by molar-refractivity contribution is -0.385. The van der Waals surface area contributed by atoms with Crippen molar-refractivity contribution in [3.8, 4) is 0 Å².